The van der Waals surface area contributed by atoms with Crippen molar-refractivity contribution in [3.05, 3.63) is 35.9 Å². The predicted octanol–water partition coefficient (Wildman–Crippen LogP) is 1.35. The van der Waals surface area contributed by atoms with E-state index in [-0.39, 0.29) is 25.3 Å². The van der Waals surface area contributed by atoms with Crippen molar-refractivity contribution in [3.63, 3.8) is 0 Å². The second-order valence-corrected chi connectivity index (χ2v) is 8.28. The molecule has 2 aliphatic heterocycles. The summed E-state index contributed by atoms with van der Waals surface area (Å²) in [7, 11) is 1.29. The number of ether oxygens (including phenoxy) is 2. The van der Waals surface area contributed by atoms with Gasteiger partial charge in [-0.05, 0) is 25.1 Å². The number of amides is 2. The summed E-state index contributed by atoms with van der Waals surface area (Å²) in [6.45, 7) is 4.27. The molecule has 0 unspecified atom stereocenters. The third-order valence-corrected chi connectivity index (χ3v) is 5.90. The Balaban J connectivity index is 1.33. The summed E-state index contributed by atoms with van der Waals surface area (Å²) in [6, 6.07) is 4.66. The molecule has 2 amide bonds. The lowest BCUT2D eigenvalue weighted by Crippen LogP contribution is -2.49. The normalized spacial score (nSPS) is 18.3. The summed E-state index contributed by atoms with van der Waals surface area (Å²) in [5, 5.41) is 7.88. The van der Waals surface area contributed by atoms with Gasteiger partial charge in [-0.1, -0.05) is 5.21 Å². The number of aryl methyl sites for hydroxylation is 1. The highest BCUT2D eigenvalue weighted by molar-refractivity contribution is 5.90. The Morgan fingerprint density at radius 2 is 1.97 bits per heavy atom. The molecule has 34 heavy (non-hydrogen) atoms. The van der Waals surface area contributed by atoms with E-state index in [1.165, 1.54) is 18.1 Å². The van der Waals surface area contributed by atoms with Crippen molar-refractivity contribution in [2.45, 2.75) is 32.4 Å². The van der Waals surface area contributed by atoms with Crippen LogP contribution in [0, 0.1) is 12.7 Å². The second-order valence-electron chi connectivity index (χ2n) is 8.28. The van der Waals surface area contributed by atoms with Crippen LogP contribution in [0.4, 0.5) is 20.6 Å². The molecule has 0 radical (unpaired) electrons. The molecule has 2 aliphatic rings. The van der Waals surface area contributed by atoms with Crippen LogP contribution in [-0.2, 0) is 25.6 Å². The number of nitrogens with zero attached hydrogens (tertiary/aromatic N) is 6. The molecule has 2 fully saturated rings. The minimum atomic E-state index is -0.534. The zero-order chi connectivity index (χ0) is 24.2. The molecular weight excluding hydrogens is 447 g/mol. The molecule has 1 aromatic carbocycles. The van der Waals surface area contributed by atoms with Gasteiger partial charge in [-0.15, -0.1) is 5.10 Å². The van der Waals surface area contributed by atoms with E-state index in [2.05, 4.69) is 15.0 Å². The molecule has 0 saturated carbocycles. The van der Waals surface area contributed by atoms with Gasteiger partial charge in [0.2, 0.25) is 5.91 Å². The van der Waals surface area contributed by atoms with Crippen LogP contribution in [0.25, 0.3) is 0 Å². The first-order valence-electron chi connectivity index (χ1n) is 11.1. The third kappa shape index (κ3) is 5.26. The summed E-state index contributed by atoms with van der Waals surface area (Å²) in [4.78, 5) is 40.8. The van der Waals surface area contributed by atoms with E-state index in [4.69, 9.17) is 4.74 Å². The van der Waals surface area contributed by atoms with E-state index in [0.717, 1.165) is 5.69 Å². The van der Waals surface area contributed by atoms with Crippen LogP contribution in [-0.4, -0.2) is 83.8 Å². The van der Waals surface area contributed by atoms with Gasteiger partial charge in [-0.2, -0.15) is 0 Å². The fourth-order valence-corrected chi connectivity index (χ4v) is 4.11. The Morgan fingerprint density at radius 1 is 1.21 bits per heavy atom. The van der Waals surface area contributed by atoms with Crippen LogP contribution >= 0.6 is 0 Å². The number of hydrogen-bond donors (Lipinski definition) is 0. The summed E-state index contributed by atoms with van der Waals surface area (Å²) in [5.41, 5.74) is 1.60. The molecule has 0 spiro atoms. The standard InChI is InChI=1S/C22H27FN6O5/c1-15-12-28(25-24-15)13-17-14-29(22(32)34-17)16-3-4-19(18(23)11-16)26-7-9-27(10-8-26)20(30)5-6-21(31)33-2/h3-4,11-12,17H,5-10,13-14H2,1-2H3/t17-/m0/s1. The van der Waals surface area contributed by atoms with Crippen molar-refractivity contribution in [2.75, 3.05) is 49.6 Å². The molecule has 12 heteroatoms. The molecule has 3 heterocycles. The predicted molar refractivity (Wildman–Crippen MR) is 119 cm³/mol. The fourth-order valence-electron chi connectivity index (χ4n) is 4.11. The number of methoxy groups -OCH3 is 1. The largest absolute Gasteiger partial charge is 0.469 e. The number of cyclic esters (lactones) is 1. The molecular formula is C22H27FN6O5. The van der Waals surface area contributed by atoms with E-state index in [9.17, 15) is 18.8 Å². The second kappa shape index (κ2) is 10.1. The quantitative estimate of drug-likeness (QED) is 0.553. The number of esters is 1. The average Bonchev–Trinajstić information content (AvgIpc) is 3.41. The summed E-state index contributed by atoms with van der Waals surface area (Å²) in [5.74, 6) is -0.994. The van der Waals surface area contributed by atoms with Gasteiger partial charge in [0.05, 0.1) is 43.7 Å². The maximum absolute atomic E-state index is 15.0. The number of carbonyl (C=O) groups excluding carboxylic acids is 3. The number of carbonyl (C=O) groups is 3. The monoisotopic (exact) mass is 474 g/mol. The van der Waals surface area contributed by atoms with Crippen LogP contribution in [0.2, 0.25) is 0 Å². The highest BCUT2D eigenvalue weighted by Crippen LogP contribution is 2.29. The maximum Gasteiger partial charge on any atom is 0.414 e. The smallest absolute Gasteiger partial charge is 0.414 e. The maximum atomic E-state index is 15.0. The SMILES string of the molecule is COC(=O)CCC(=O)N1CCN(c2ccc(N3C[C@H](Cn4cc(C)nn4)OC3=O)cc2F)CC1. The number of piperazine rings is 1. The lowest BCUT2D eigenvalue weighted by molar-refractivity contribution is -0.143. The number of anilines is 2. The van der Waals surface area contributed by atoms with Gasteiger partial charge in [0.15, 0.2) is 0 Å². The van der Waals surface area contributed by atoms with Gasteiger partial charge in [0.1, 0.15) is 11.9 Å². The Kier molecular flexibility index (Phi) is 6.94. The average molecular weight is 474 g/mol. The molecule has 0 bridgehead atoms. The number of aromatic nitrogens is 3. The van der Waals surface area contributed by atoms with Crippen LogP contribution in [0.15, 0.2) is 24.4 Å². The van der Waals surface area contributed by atoms with Gasteiger partial charge in [-0.25, -0.2) is 13.9 Å². The van der Waals surface area contributed by atoms with Crippen molar-refractivity contribution in [1.82, 2.24) is 19.9 Å². The molecule has 4 rings (SSSR count). The van der Waals surface area contributed by atoms with Crippen LogP contribution in [0.5, 0.6) is 0 Å². The van der Waals surface area contributed by atoms with Crippen LogP contribution in [0.1, 0.15) is 18.5 Å². The minimum Gasteiger partial charge on any atom is -0.469 e. The van der Waals surface area contributed by atoms with Gasteiger partial charge < -0.3 is 19.3 Å². The zero-order valence-electron chi connectivity index (χ0n) is 19.1. The van der Waals surface area contributed by atoms with Crippen molar-refractivity contribution in [2.24, 2.45) is 0 Å². The Labute approximate surface area is 196 Å². The van der Waals surface area contributed by atoms with Gasteiger partial charge in [-0.3, -0.25) is 14.5 Å². The first-order valence-corrected chi connectivity index (χ1v) is 11.1. The van der Waals surface area contributed by atoms with E-state index in [1.54, 1.807) is 27.9 Å². The van der Waals surface area contributed by atoms with E-state index in [0.29, 0.717) is 44.1 Å². The highest BCUT2D eigenvalue weighted by atomic mass is 19.1. The van der Waals surface area contributed by atoms with Gasteiger partial charge in [0, 0.05) is 38.8 Å². The first kappa shape index (κ1) is 23.5. The van der Waals surface area contributed by atoms with Crippen molar-refractivity contribution in [1.29, 1.82) is 0 Å². The van der Waals surface area contributed by atoms with E-state index in [1.807, 2.05) is 11.8 Å². The third-order valence-electron chi connectivity index (χ3n) is 5.90. The highest BCUT2D eigenvalue weighted by Gasteiger charge is 2.33. The van der Waals surface area contributed by atoms with E-state index < -0.39 is 24.0 Å². The van der Waals surface area contributed by atoms with Crippen LogP contribution in [0.3, 0.4) is 0 Å². The number of benzene rings is 1. The molecule has 11 nitrogen and oxygen atoms in total. The molecule has 1 atom stereocenters. The molecule has 0 N–H and O–H groups in total. The summed E-state index contributed by atoms with van der Waals surface area (Å²) < 4.78 is 26.6. The van der Waals surface area contributed by atoms with Crippen LogP contribution < -0.4 is 9.80 Å². The molecule has 0 aliphatic carbocycles. The fraction of sp³-hybridized carbons (Fsp3) is 0.500. The van der Waals surface area contributed by atoms with Gasteiger partial charge in [0.25, 0.3) is 0 Å². The first-order chi connectivity index (χ1) is 16.3. The number of hydrogen-bond acceptors (Lipinski definition) is 8. The Hall–Kier alpha value is -3.70. The van der Waals surface area contributed by atoms with Crippen molar-refractivity contribution in [3.8, 4) is 0 Å². The van der Waals surface area contributed by atoms with Crippen molar-refractivity contribution >= 4 is 29.3 Å². The van der Waals surface area contributed by atoms with E-state index >= 15 is 0 Å². The molecule has 2 aromatic rings. The minimum absolute atomic E-state index is 0.0455. The summed E-state index contributed by atoms with van der Waals surface area (Å²) >= 11 is 0. The molecule has 2 saturated heterocycles. The lowest BCUT2D eigenvalue weighted by atomic mass is 10.2. The molecule has 1 aromatic heterocycles. The topological polar surface area (TPSA) is 110 Å². The van der Waals surface area contributed by atoms with Crippen molar-refractivity contribution < 1.29 is 28.2 Å². The summed E-state index contributed by atoms with van der Waals surface area (Å²) in [6.07, 6.45) is 0.953. The number of halogens is 1. The number of rotatable bonds is 7. The molecule has 182 valence electrons. The Morgan fingerprint density at radius 3 is 2.62 bits per heavy atom. The Bertz CT molecular complexity index is 1070. The van der Waals surface area contributed by atoms with Gasteiger partial charge >= 0.3 is 12.1 Å². The lowest BCUT2D eigenvalue weighted by Gasteiger charge is -2.36. The zero-order valence-corrected chi connectivity index (χ0v) is 19.1.